The third-order valence-corrected chi connectivity index (χ3v) is 5.72. The molecule has 0 saturated heterocycles. The summed E-state index contributed by atoms with van der Waals surface area (Å²) in [6.45, 7) is 0.528. The van der Waals surface area contributed by atoms with Gasteiger partial charge in [-0.2, -0.15) is 0 Å². The highest BCUT2D eigenvalue weighted by Gasteiger charge is 2.08. The number of hydrogen-bond donors (Lipinski definition) is 1. The van der Waals surface area contributed by atoms with Crippen LogP contribution in [-0.2, 0) is 11.2 Å². The van der Waals surface area contributed by atoms with Crippen LogP contribution < -0.4 is 5.32 Å². The minimum absolute atomic E-state index is 0.0422. The summed E-state index contributed by atoms with van der Waals surface area (Å²) in [5.74, 6) is 0.0208. The minimum Gasteiger partial charge on any atom is -0.355 e. The molecular weight excluding hydrogens is 367 g/mol. The Morgan fingerprint density at radius 1 is 1.25 bits per heavy atom. The van der Waals surface area contributed by atoms with Crippen molar-refractivity contribution < 1.29 is 9.18 Å². The molecule has 0 bridgehead atoms. The number of benzene rings is 2. The lowest BCUT2D eigenvalue weighted by atomic mass is 10.1. The highest BCUT2D eigenvalue weighted by atomic mass is 35.5. The van der Waals surface area contributed by atoms with E-state index < -0.39 is 0 Å². The molecule has 0 radical (unpaired) electrons. The molecule has 1 aromatic heterocycles. The van der Waals surface area contributed by atoms with Crippen molar-refractivity contribution in [3.63, 3.8) is 0 Å². The topological polar surface area (TPSA) is 42.0 Å². The van der Waals surface area contributed by atoms with Crippen molar-refractivity contribution in [2.45, 2.75) is 10.8 Å². The number of nitrogens with zero attached hydrogens (tertiary/aromatic N) is 1. The number of carbonyl (C=O) groups is 1. The van der Waals surface area contributed by atoms with E-state index in [0.29, 0.717) is 23.7 Å². The first-order valence-corrected chi connectivity index (χ1v) is 9.48. The fourth-order valence-corrected chi connectivity index (χ4v) is 4.16. The monoisotopic (exact) mass is 380 g/mol. The van der Waals surface area contributed by atoms with E-state index in [1.165, 1.54) is 23.9 Å². The van der Waals surface area contributed by atoms with E-state index in [2.05, 4.69) is 10.3 Å². The molecule has 24 heavy (non-hydrogen) atoms. The Kier molecular flexibility index (Phi) is 5.71. The van der Waals surface area contributed by atoms with E-state index in [4.69, 9.17) is 11.6 Å². The molecule has 1 amide bonds. The summed E-state index contributed by atoms with van der Waals surface area (Å²) >= 11 is 8.90. The number of amides is 1. The highest BCUT2D eigenvalue weighted by Crippen LogP contribution is 2.30. The van der Waals surface area contributed by atoms with Crippen LogP contribution in [0.15, 0.2) is 46.8 Å². The molecule has 2 aromatic carbocycles. The van der Waals surface area contributed by atoms with Gasteiger partial charge in [-0.05, 0) is 42.3 Å². The normalized spacial score (nSPS) is 10.9. The van der Waals surface area contributed by atoms with Gasteiger partial charge < -0.3 is 5.32 Å². The number of nitrogens with one attached hydrogen (secondary N) is 1. The molecule has 1 heterocycles. The molecule has 0 fully saturated rings. The van der Waals surface area contributed by atoms with Crippen molar-refractivity contribution in [2.75, 3.05) is 12.3 Å². The first-order chi connectivity index (χ1) is 11.6. The van der Waals surface area contributed by atoms with Gasteiger partial charge in [0, 0.05) is 11.6 Å². The summed E-state index contributed by atoms with van der Waals surface area (Å²) in [6, 6.07) is 11.9. The zero-order valence-electron chi connectivity index (χ0n) is 12.6. The first-order valence-electron chi connectivity index (χ1n) is 7.30. The molecule has 0 unspecified atom stereocenters. The van der Waals surface area contributed by atoms with E-state index in [1.807, 2.05) is 18.2 Å². The van der Waals surface area contributed by atoms with Crippen LogP contribution in [0.2, 0.25) is 5.02 Å². The van der Waals surface area contributed by atoms with E-state index in [1.54, 1.807) is 23.5 Å². The Hall–Kier alpha value is -1.63. The van der Waals surface area contributed by atoms with Gasteiger partial charge in [0.2, 0.25) is 5.91 Å². The van der Waals surface area contributed by atoms with Gasteiger partial charge in [0.05, 0.1) is 16.0 Å². The number of halogens is 2. The van der Waals surface area contributed by atoms with E-state index >= 15 is 0 Å². The average molecular weight is 381 g/mol. The van der Waals surface area contributed by atoms with Gasteiger partial charge in [0.25, 0.3) is 0 Å². The number of thiazole rings is 1. The Labute approximate surface area is 152 Å². The maximum atomic E-state index is 12.8. The molecule has 0 saturated carbocycles. The second kappa shape index (κ2) is 7.96. The second-order valence-electron chi connectivity index (χ2n) is 5.11. The largest absolute Gasteiger partial charge is 0.355 e. The van der Waals surface area contributed by atoms with Gasteiger partial charge in [-0.3, -0.25) is 4.79 Å². The van der Waals surface area contributed by atoms with E-state index in [9.17, 15) is 9.18 Å². The van der Waals surface area contributed by atoms with Crippen LogP contribution in [0.1, 0.15) is 5.56 Å². The second-order valence-corrected chi connectivity index (χ2v) is 7.80. The smallest absolute Gasteiger partial charge is 0.230 e. The van der Waals surface area contributed by atoms with E-state index in [0.717, 1.165) is 20.1 Å². The lowest BCUT2D eigenvalue weighted by molar-refractivity contribution is -0.118. The molecule has 124 valence electrons. The van der Waals surface area contributed by atoms with Crippen molar-refractivity contribution in [1.82, 2.24) is 10.3 Å². The molecule has 3 rings (SSSR count). The fraction of sp³-hybridized carbons (Fsp3) is 0.176. The summed E-state index contributed by atoms with van der Waals surface area (Å²) in [6.07, 6.45) is 0.677. The SMILES string of the molecule is O=C(CSc1nc2cc(Cl)ccc2s1)NCCc1ccc(F)cc1. The van der Waals surface area contributed by atoms with Gasteiger partial charge in [0.15, 0.2) is 4.34 Å². The van der Waals surface area contributed by atoms with Gasteiger partial charge in [-0.25, -0.2) is 9.37 Å². The summed E-state index contributed by atoms with van der Waals surface area (Å²) in [4.78, 5) is 16.4. The molecule has 0 atom stereocenters. The van der Waals surface area contributed by atoms with Gasteiger partial charge in [-0.15, -0.1) is 11.3 Å². The Morgan fingerprint density at radius 2 is 2.04 bits per heavy atom. The molecular formula is C17H14ClFN2OS2. The Morgan fingerprint density at radius 3 is 2.83 bits per heavy atom. The third kappa shape index (κ3) is 4.69. The summed E-state index contributed by atoms with van der Waals surface area (Å²) in [5.41, 5.74) is 1.85. The van der Waals surface area contributed by atoms with Crippen molar-refractivity contribution in [2.24, 2.45) is 0 Å². The van der Waals surface area contributed by atoms with Crippen LogP contribution in [-0.4, -0.2) is 23.2 Å². The molecule has 0 spiro atoms. The van der Waals surface area contributed by atoms with Crippen LogP contribution in [0.25, 0.3) is 10.2 Å². The first kappa shape index (κ1) is 17.2. The molecule has 0 aliphatic heterocycles. The minimum atomic E-state index is -0.253. The number of thioether (sulfide) groups is 1. The van der Waals surface area contributed by atoms with Crippen molar-refractivity contribution >= 4 is 50.8 Å². The Bertz CT molecular complexity index is 851. The van der Waals surface area contributed by atoms with Crippen molar-refractivity contribution in [3.8, 4) is 0 Å². The van der Waals surface area contributed by atoms with Gasteiger partial charge >= 0.3 is 0 Å². The third-order valence-electron chi connectivity index (χ3n) is 3.31. The number of carbonyl (C=O) groups excluding carboxylic acids is 1. The van der Waals surface area contributed by atoms with Crippen LogP contribution in [0.4, 0.5) is 4.39 Å². The Balaban J connectivity index is 1.45. The number of rotatable bonds is 6. The molecule has 0 aliphatic rings. The molecule has 0 aliphatic carbocycles. The van der Waals surface area contributed by atoms with Crippen molar-refractivity contribution in [1.29, 1.82) is 0 Å². The van der Waals surface area contributed by atoms with E-state index in [-0.39, 0.29) is 11.7 Å². The lowest BCUT2D eigenvalue weighted by Crippen LogP contribution is -2.27. The molecule has 7 heteroatoms. The predicted molar refractivity (Wildman–Crippen MR) is 98.5 cm³/mol. The fourth-order valence-electron chi connectivity index (χ4n) is 2.12. The maximum Gasteiger partial charge on any atom is 0.230 e. The van der Waals surface area contributed by atoms with Crippen molar-refractivity contribution in [3.05, 3.63) is 58.9 Å². The van der Waals surface area contributed by atoms with Crippen LogP contribution in [0.3, 0.4) is 0 Å². The van der Waals surface area contributed by atoms with Gasteiger partial charge in [-0.1, -0.05) is 35.5 Å². The van der Waals surface area contributed by atoms with Crippen LogP contribution in [0.5, 0.6) is 0 Å². The maximum absolute atomic E-state index is 12.8. The standard InChI is InChI=1S/C17H14ClFN2OS2/c18-12-3-6-15-14(9-12)21-17(24-15)23-10-16(22)20-8-7-11-1-4-13(19)5-2-11/h1-6,9H,7-8,10H2,(H,20,22). The summed E-state index contributed by atoms with van der Waals surface area (Å²) < 4.78 is 14.7. The number of fused-ring (bicyclic) bond motifs is 1. The zero-order valence-corrected chi connectivity index (χ0v) is 15.0. The number of aromatic nitrogens is 1. The van der Waals surface area contributed by atoms with Gasteiger partial charge in [0.1, 0.15) is 5.82 Å². The molecule has 1 N–H and O–H groups in total. The lowest BCUT2D eigenvalue weighted by Gasteiger charge is -2.04. The predicted octanol–water partition coefficient (Wildman–Crippen LogP) is 4.54. The van der Waals surface area contributed by atoms with Crippen LogP contribution in [0, 0.1) is 5.82 Å². The number of hydrogen-bond acceptors (Lipinski definition) is 4. The summed E-state index contributed by atoms with van der Waals surface area (Å²) in [7, 11) is 0. The van der Waals surface area contributed by atoms with Crippen LogP contribution >= 0.6 is 34.7 Å². The molecule has 3 aromatic rings. The highest BCUT2D eigenvalue weighted by molar-refractivity contribution is 8.01. The summed E-state index contributed by atoms with van der Waals surface area (Å²) in [5, 5.41) is 3.52. The quantitative estimate of drug-likeness (QED) is 0.638. The zero-order chi connectivity index (χ0) is 16.9. The average Bonchev–Trinajstić information content (AvgIpc) is 2.97. The molecule has 3 nitrogen and oxygen atoms in total.